The SMILES string of the molecule is CCCOc1cccc(CCNC(=O)N2CCC[C@@H](c3ccncn3)C2)c1. The van der Waals surface area contributed by atoms with Gasteiger partial charge in [-0.05, 0) is 49.4 Å². The standard InChI is InChI=1S/C21H28N4O2/c1-2-13-27-19-7-3-5-17(14-19)8-11-23-21(26)25-12-4-6-18(15-25)20-9-10-22-16-24-20/h3,5,7,9-10,14,16,18H,2,4,6,8,11-13,15H2,1H3,(H,23,26)/t18-/m1/s1. The summed E-state index contributed by atoms with van der Waals surface area (Å²) in [5.41, 5.74) is 2.19. The molecular formula is C21H28N4O2. The molecular weight excluding hydrogens is 340 g/mol. The fourth-order valence-corrected chi connectivity index (χ4v) is 3.38. The summed E-state index contributed by atoms with van der Waals surface area (Å²) in [6.45, 7) is 4.94. The number of carbonyl (C=O) groups excluding carboxylic acids is 1. The van der Waals surface area contributed by atoms with Gasteiger partial charge in [0.2, 0.25) is 0 Å². The maximum absolute atomic E-state index is 12.5. The Kier molecular flexibility index (Phi) is 7.02. The van der Waals surface area contributed by atoms with Crippen LogP contribution in [0.3, 0.4) is 0 Å². The molecule has 6 nitrogen and oxygen atoms in total. The van der Waals surface area contributed by atoms with Gasteiger partial charge in [-0.3, -0.25) is 0 Å². The van der Waals surface area contributed by atoms with Crippen LogP contribution in [0, 0.1) is 0 Å². The van der Waals surface area contributed by atoms with Crippen LogP contribution in [-0.4, -0.2) is 47.1 Å². The second-order valence-electron chi connectivity index (χ2n) is 6.90. The Balaban J connectivity index is 1.46. The zero-order valence-electron chi connectivity index (χ0n) is 15.9. The number of benzene rings is 1. The first-order chi connectivity index (χ1) is 13.3. The fourth-order valence-electron chi connectivity index (χ4n) is 3.38. The molecule has 1 saturated heterocycles. The first kappa shape index (κ1) is 19.1. The number of hydrogen-bond donors (Lipinski definition) is 1. The topological polar surface area (TPSA) is 67.3 Å². The first-order valence-corrected chi connectivity index (χ1v) is 9.76. The zero-order valence-corrected chi connectivity index (χ0v) is 15.9. The molecule has 144 valence electrons. The van der Waals surface area contributed by atoms with Crippen LogP contribution in [0.15, 0.2) is 42.9 Å². The normalized spacial score (nSPS) is 16.8. The minimum atomic E-state index is 0.00661. The second-order valence-corrected chi connectivity index (χ2v) is 6.90. The van der Waals surface area contributed by atoms with Crippen LogP contribution in [0.25, 0.3) is 0 Å². The van der Waals surface area contributed by atoms with Crippen molar-refractivity contribution in [1.82, 2.24) is 20.2 Å². The van der Waals surface area contributed by atoms with Gasteiger partial charge in [0, 0.05) is 37.4 Å². The molecule has 2 aromatic rings. The molecule has 1 aliphatic rings. The summed E-state index contributed by atoms with van der Waals surface area (Å²) >= 11 is 0. The van der Waals surface area contributed by atoms with E-state index in [9.17, 15) is 4.79 Å². The lowest BCUT2D eigenvalue weighted by molar-refractivity contribution is 0.179. The molecule has 1 N–H and O–H groups in total. The molecule has 1 fully saturated rings. The van der Waals surface area contributed by atoms with Crippen molar-refractivity contribution in [3.63, 3.8) is 0 Å². The Morgan fingerprint density at radius 1 is 1.37 bits per heavy atom. The van der Waals surface area contributed by atoms with Gasteiger partial charge in [0.05, 0.1) is 6.61 Å². The highest BCUT2D eigenvalue weighted by atomic mass is 16.5. The van der Waals surface area contributed by atoms with Crippen molar-refractivity contribution >= 4 is 6.03 Å². The summed E-state index contributed by atoms with van der Waals surface area (Å²) in [5, 5.41) is 3.05. The van der Waals surface area contributed by atoms with E-state index in [0.717, 1.165) is 50.3 Å². The molecule has 27 heavy (non-hydrogen) atoms. The number of urea groups is 1. The summed E-state index contributed by atoms with van der Waals surface area (Å²) in [7, 11) is 0. The molecule has 0 saturated carbocycles. The van der Waals surface area contributed by atoms with E-state index in [1.54, 1.807) is 12.5 Å². The number of amides is 2. The minimum absolute atomic E-state index is 0.00661. The Hall–Kier alpha value is -2.63. The average molecular weight is 368 g/mol. The summed E-state index contributed by atoms with van der Waals surface area (Å²) < 4.78 is 5.67. The minimum Gasteiger partial charge on any atom is -0.494 e. The number of piperidine rings is 1. The lowest BCUT2D eigenvalue weighted by Crippen LogP contribution is -2.45. The van der Waals surface area contributed by atoms with E-state index < -0.39 is 0 Å². The Morgan fingerprint density at radius 2 is 2.30 bits per heavy atom. The quantitative estimate of drug-likeness (QED) is 0.813. The zero-order chi connectivity index (χ0) is 18.9. The Labute approximate surface area is 161 Å². The van der Waals surface area contributed by atoms with Gasteiger partial charge >= 0.3 is 6.03 Å². The maximum Gasteiger partial charge on any atom is 0.317 e. The Bertz CT molecular complexity index is 723. The number of ether oxygens (including phenoxy) is 1. The third kappa shape index (κ3) is 5.67. The van der Waals surface area contributed by atoms with Crippen molar-refractivity contribution in [2.75, 3.05) is 26.2 Å². The van der Waals surface area contributed by atoms with Crippen molar-refractivity contribution in [1.29, 1.82) is 0 Å². The monoisotopic (exact) mass is 368 g/mol. The highest BCUT2D eigenvalue weighted by molar-refractivity contribution is 5.74. The molecule has 6 heteroatoms. The van der Waals surface area contributed by atoms with Gasteiger partial charge in [0.25, 0.3) is 0 Å². The van der Waals surface area contributed by atoms with Crippen LogP contribution in [0.1, 0.15) is 43.4 Å². The molecule has 0 bridgehead atoms. The molecule has 0 radical (unpaired) electrons. The molecule has 0 aliphatic carbocycles. The van der Waals surface area contributed by atoms with Gasteiger partial charge in [0.1, 0.15) is 12.1 Å². The van der Waals surface area contributed by atoms with Gasteiger partial charge in [-0.25, -0.2) is 14.8 Å². The molecule has 1 aromatic heterocycles. The van der Waals surface area contributed by atoms with Gasteiger partial charge in [-0.15, -0.1) is 0 Å². The second kappa shape index (κ2) is 9.90. The lowest BCUT2D eigenvalue weighted by atomic mass is 9.95. The molecule has 1 aliphatic heterocycles. The number of nitrogens with zero attached hydrogens (tertiary/aromatic N) is 3. The van der Waals surface area contributed by atoms with Crippen LogP contribution in [0.5, 0.6) is 5.75 Å². The van der Waals surface area contributed by atoms with E-state index in [1.165, 1.54) is 5.56 Å². The number of rotatable bonds is 7. The van der Waals surface area contributed by atoms with Gasteiger partial charge in [-0.1, -0.05) is 19.1 Å². The average Bonchev–Trinajstić information content (AvgIpc) is 2.73. The lowest BCUT2D eigenvalue weighted by Gasteiger charge is -2.32. The summed E-state index contributed by atoms with van der Waals surface area (Å²) in [4.78, 5) is 22.8. The molecule has 3 rings (SSSR count). The highest BCUT2D eigenvalue weighted by Crippen LogP contribution is 2.25. The molecule has 1 atom stereocenters. The van der Waals surface area contributed by atoms with Gasteiger partial charge < -0.3 is 15.0 Å². The summed E-state index contributed by atoms with van der Waals surface area (Å²) in [5.74, 6) is 1.18. The molecule has 2 amide bonds. The van der Waals surface area contributed by atoms with Crippen molar-refractivity contribution in [2.45, 2.75) is 38.5 Å². The van der Waals surface area contributed by atoms with Crippen molar-refractivity contribution < 1.29 is 9.53 Å². The van der Waals surface area contributed by atoms with E-state index in [1.807, 2.05) is 29.2 Å². The van der Waals surface area contributed by atoms with Crippen molar-refractivity contribution in [3.8, 4) is 5.75 Å². The van der Waals surface area contributed by atoms with Crippen molar-refractivity contribution in [3.05, 3.63) is 54.1 Å². The molecule has 0 unspecified atom stereocenters. The summed E-state index contributed by atoms with van der Waals surface area (Å²) in [6.07, 6.45) is 7.18. The predicted molar refractivity (Wildman–Crippen MR) is 105 cm³/mol. The van der Waals surface area contributed by atoms with E-state index in [2.05, 4.69) is 28.3 Å². The third-order valence-corrected chi connectivity index (χ3v) is 4.79. The number of nitrogens with one attached hydrogen (secondary N) is 1. The van der Waals surface area contributed by atoms with Crippen molar-refractivity contribution in [2.24, 2.45) is 0 Å². The fraction of sp³-hybridized carbons (Fsp3) is 0.476. The van der Waals surface area contributed by atoms with E-state index in [0.29, 0.717) is 19.0 Å². The number of likely N-dealkylation sites (tertiary alicyclic amines) is 1. The molecule has 2 heterocycles. The summed E-state index contributed by atoms with van der Waals surface area (Å²) in [6, 6.07) is 10.0. The van der Waals surface area contributed by atoms with Crippen LogP contribution in [-0.2, 0) is 6.42 Å². The number of carbonyl (C=O) groups is 1. The number of hydrogen-bond acceptors (Lipinski definition) is 4. The van der Waals surface area contributed by atoms with E-state index in [4.69, 9.17) is 4.74 Å². The smallest absolute Gasteiger partial charge is 0.317 e. The number of aromatic nitrogens is 2. The van der Waals surface area contributed by atoms with Crippen LogP contribution in [0.2, 0.25) is 0 Å². The van der Waals surface area contributed by atoms with Crippen LogP contribution < -0.4 is 10.1 Å². The van der Waals surface area contributed by atoms with E-state index in [-0.39, 0.29) is 6.03 Å². The first-order valence-electron chi connectivity index (χ1n) is 9.76. The molecule has 0 spiro atoms. The van der Waals surface area contributed by atoms with Gasteiger partial charge in [-0.2, -0.15) is 0 Å². The highest BCUT2D eigenvalue weighted by Gasteiger charge is 2.25. The van der Waals surface area contributed by atoms with Crippen LogP contribution >= 0.6 is 0 Å². The molecule has 1 aromatic carbocycles. The van der Waals surface area contributed by atoms with Gasteiger partial charge in [0.15, 0.2) is 0 Å². The largest absolute Gasteiger partial charge is 0.494 e. The Morgan fingerprint density at radius 3 is 3.11 bits per heavy atom. The predicted octanol–water partition coefficient (Wildman–Crippen LogP) is 3.40. The maximum atomic E-state index is 12.5. The third-order valence-electron chi connectivity index (χ3n) is 4.79. The van der Waals surface area contributed by atoms with Crippen LogP contribution in [0.4, 0.5) is 4.79 Å². The van der Waals surface area contributed by atoms with E-state index >= 15 is 0 Å².